The summed E-state index contributed by atoms with van der Waals surface area (Å²) in [6.07, 6.45) is 5.22. The van der Waals surface area contributed by atoms with Crippen molar-refractivity contribution in [2.45, 2.75) is 45.2 Å². The smallest absolute Gasteiger partial charge is 0.115 e. The van der Waals surface area contributed by atoms with E-state index < -0.39 is 0 Å². The summed E-state index contributed by atoms with van der Waals surface area (Å²) in [4.78, 5) is 3.06. The molecule has 0 bridgehead atoms. The lowest BCUT2D eigenvalue weighted by Crippen LogP contribution is -2.17. The molecule has 1 unspecified atom stereocenters. The Hall–Kier alpha value is -1.32. The molecule has 0 aliphatic heterocycles. The molecule has 3 heteroatoms. The van der Waals surface area contributed by atoms with Crippen LogP contribution in [0.25, 0.3) is 0 Å². The Morgan fingerprint density at radius 1 is 1.20 bits per heavy atom. The second-order valence-corrected chi connectivity index (χ2v) is 6.74. The van der Waals surface area contributed by atoms with Crippen LogP contribution in [-0.2, 0) is 19.4 Å². The third-order valence-electron chi connectivity index (χ3n) is 3.99. The van der Waals surface area contributed by atoms with Crippen molar-refractivity contribution in [1.82, 2.24) is 5.32 Å². The molecule has 0 saturated heterocycles. The van der Waals surface area contributed by atoms with E-state index in [1.165, 1.54) is 36.1 Å². The van der Waals surface area contributed by atoms with Crippen molar-refractivity contribution in [1.29, 1.82) is 0 Å². The fourth-order valence-electron chi connectivity index (χ4n) is 2.71. The highest BCUT2D eigenvalue weighted by atomic mass is 32.1. The number of fused-ring (bicyclic) bond motifs is 1. The predicted molar refractivity (Wildman–Crippen MR) is 84.3 cm³/mol. The Labute approximate surface area is 124 Å². The number of aromatic hydroxyl groups is 1. The lowest BCUT2D eigenvalue weighted by atomic mass is 9.99. The summed E-state index contributed by atoms with van der Waals surface area (Å²) in [6.45, 7) is 3.07. The molecule has 106 valence electrons. The van der Waals surface area contributed by atoms with Gasteiger partial charge in [0, 0.05) is 22.3 Å². The normalized spacial score (nSPS) is 15.8. The van der Waals surface area contributed by atoms with Gasteiger partial charge >= 0.3 is 0 Å². The fraction of sp³-hybridized carbons (Fsp3) is 0.412. The molecule has 0 radical (unpaired) electrons. The number of hydrogen-bond acceptors (Lipinski definition) is 3. The van der Waals surface area contributed by atoms with Gasteiger partial charge in [-0.1, -0.05) is 12.1 Å². The van der Waals surface area contributed by atoms with Crippen LogP contribution in [0.5, 0.6) is 5.75 Å². The second-order valence-electron chi connectivity index (χ2n) is 5.57. The van der Waals surface area contributed by atoms with Crippen molar-refractivity contribution < 1.29 is 5.11 Å². The number of phenolic OH excluding ortho intramolecular Hbond substituents is 1. The van der Waals surface area contributed by atoms with Gasteiger partial charge in [-0.2, -0.15) is 0 Å². The molecule has 2 aromatic rings. The quantitative estimate of drug-likeness (QED) is 0.884. The molecule has 3 rings (SSSR count). The SMILES string of the molecule is CC(NCc1ccc(O)cc1)c1cc2c(s1)CCCC2. The van der Waals surface area contributed by atoms with Gasteiger partial charge < -0.3 is 10.4 Å². The summed E-state index contributed by atoms with van der Waals surface area (Å²) >= 11 is 1.98. The highest BCUT2D eigenvalue weighted by Crippen LogP contribution is 2.32. The van der Waals surface area contributed by atoms with Crippen molar-refractivity contribution in [3.63, 3.8) is 0 Å². The molecule has 1 heterocycles. The lowest BCUT2D eigenvalue weighted by Gasteiger charge is -2.12. The highest BCUT2D eigenvalue weighted by molar-refractivity contribution is 7.12. The Morgan fingerprint density at radius 3 is 2.70 bits per heavy atom. The van der Waals surface area contributed by atoms with Gasteiger partial charge in [-0.15, -0.1) is 11.3 Å². The number of thiophene rings is 1. The van der Waals surface area contributed by atoms with E-state index in [1.54, 1.807) is 22.6 Å². The van der Waals surface area contributed by atoms with Gasteiger partial charge in [-0.25, -0.2) is 0 Å². The van der Waals surface area contributed by atoms with Crippen LogP contribution < -0.4 is 5.32 Å². The minimum atomic E-state index is 0.327. The summed E-state index contributed by atoms with van der Waals surface area (Å²) < 4.78 is 0. The summed E-state index contributed by atoms with van der Waals surface area (Å²) in [6, 6.07) is 10.2. The van der Waals surface area contributed by atoms with Gasteiger partial charge in [-0.3, -0.25) is 0 Å². The van der Waals surface area contributed by atoms with Crippen LogP contribution in [0, 0.1) is 0 Å². The highest BCUT2D eigenvalue weighted by Gasteiger charge is 2.16. The monoisotopic (exact) mass is 287 g/mol. The molecular formula is C17H21NOS. The first kappa shape index (κ1) is 13.7. The summed E-state index contributed by atoms with van der Waals surface area (Å²) in [5.41, 5.74) is 2.78. The number of benzene rings is 1. The molecule has 0 saturated carbocycles. The zero-order valence-electron chi connectivity index (χ0n) is 11.9. The Kier molecular flexibility index (Phi) is 4.08. The van der Waals surface area contributed by atoms with Crippen LogP contribution in [0.4, 0.5) is 0 Å². The van der Waals surface area contributed by atoms with Gasteiger partial charge in [0.25, 0.3) is 0 Å². The molecule has 1 aliphatic carbocycles. The third kappa shape index (κ3) is 3.05. The molecule has 1 atom stereocenters. The van der Waals surface area contributed by atoms with E-state index in [-0.39, 0.29) is 0 Å². The van der Waals surface area contributed by atoms with Gasteiger partial charge in [0.2, 0.25) is 0 Å². The summed E-state index contributed by atoms with van der Waals surface area (Å²) in [5, 5.41) is 12.9. The Morgan fingerprint density at radius 2 is 1.95 bits per heavy atom. The summed E-state index contributed by atoms with van der Waals surface area (Å²) in [5.74, 6) is 0.327. The van der Waals surface area contributed by atoms with Crippen LogP contribution in [-0.4, -0.2) is 5.11 Å². The van der Waals surface area contributed by atoms with Crippen molar-refractivity contribution in [2.24, 2.45) is 0 Å². The van der Waals surface area contributed by atoms with E-state index in [4.69, 9.17) is 0 Å². The van der Waals surface area contributed by atoms with Gasteiger partial charge in [0.1, 0.15) is 5.75 Å². The Balaban J connectivity index is 1.62. The molecule has 1 aliphatic rings. The number of hydrogen-bond donors (Lipinski definition) is 2. The van der Waals surface area contributed by atoms with Crippen LogP contribution in [0.15, 0.2) is 30.3 Å². The van der Waals surface area contributed by atoms with Crippen LogP contribution in [0.1, 0.15) is 46.7 Å². The molecule has 1 aromatic carbocycles. The van der Waals surface area contributed by atoms with E-state index in [2.05, 4.69) is 18.3 Å². The molecule has 2 N–H and O–H groups in total. The van der Waals surface area contributed by atoms with E-state index in [0.717, 1.165) is 6.54 Å². The average molecular weight is 287 g/mol. The first-order valence-corrected chi connectivity index (χ1v) is 8.17. The van der Waals surface area contributed by atoms with E-state index in [0.29, 0.717) is 11.8 Å². The van der Waals surface area contributed by atoms with Crippen LogP contribution in [0.2, 0.25) is 0 Å². The third-order valence-corrected chi connectivity index (χ3v) is 5.41. The standard InChI is InChI=1S/C17H21NOS/c1-12(18-11-13-6-8-15(19)9-7-13)17-10-14-4-2-3-5-16(14)20-17/h6-10,12,18-19H,2-5,11H2,1H3. The fourth-order valence-corrected chi connectivity index (χ4v) is 4.00. The van der Waals surface area contributed by atoms with Crippen molar-refractivity contribution in [3.05, 3.63) is 51.2 Å². The first-order chi connectivity index (χ1) is 9.72. The van der Waals surface area contributed by atoms with Crippen molar-refractivity contribution >= 4 is 11.3 Å². The van der Waals surface area contributed by atoms with Crippen LogP contribution in [0.3, 0.4) is 0 Å². The van der Waals surface area contributed by atoms with E-state index in [9.17, 15) is 5.11 Å². The minimum Gasteiger partial charge on any atom is -0.508 e. The van der Waals surface area contributed by atoms with Gasteiger partial charge in [-0.05, 0) is 61.9 Å². The number of rotatable bonds is 4. The number of nitrogens with one attached hydrogen (secondary N) is 1. The molecule has 0 fully saturated rings. The molecule has 20 heavy (non-hydrogen) atoms. The average Bonchev–Trinajstić information content (AvgIpc) is 2.90. The van der Waals surface area contributed by atoms with E-state index in [1.807, 2.05) is 23.5 Å². The van der Waals surface area contributed by atoms with Gasteiger partial charge in [0.05, 0.1) is 0 Å². The maximum Gasteiger partial charge on any atom is 0.115 e. The van der Waals surface area contributed by atoms with Gasteiger partial charge in [0.15, 0.2) is 0 Å². The molecule has 1 aromatic heterocycles. The molecule has 2 nitrogen and oxygen atoms in total. The Bertz CT molecular complexity index is 550. The minimum absolute atomic E-state index is 0.327. The summed E-state index contributed by atoms with van der Waals surface area (Å²) in [7, 11) is 0. The maximum absolute atomic E-state index is 9.29. The molecule has 0 amide bonds. The van der Waals surface area contributed by atoms with E-state index >= 15 is 0 Å². The van der Waals surface area contributed by atoms with Crippen molar-refractivity contribution in [2.75, 3.05) is 0 Å². The predicted octanol–water partition coefficient (Wildman–Crippen LogP) is 4.18. The topological polar surface area (TPSA) is 32.3 Å². The number of aryl methyl sites for hydroxylation is 2. The van der Waals surface area contributed by atoms with Crippen molar-refractivity contribution in [3.8, 4) is 5.75 Å². The first-order valence-electron chi connectivity index (χ1n) is 7.35. The zero-order chi connectivity index (χ0) is 13.9. The molecular weight excluding hydrogens is 266 g/mol. The number of phenols is 1. The maximum atomic E-state index is 9.29. The van der Waals surface area contributed by atoms with Crippen LogP contribution >= 0.6 is 11.3 Å². The molecule has 0 spiro atoms. The lowest BCUT2D eigenvalue weighted by molar-refractivity contribution is 0.475. The zero-order valence-corrected chi connectivity index (χ0v) is 12.7. The second kappa shape index (κ2) is 5.98. The largest absolute Gasteiger partial charge is 0.508 e.